The number of carbonyl (C=O) groups is 1. The molecule has 1 heterocycles. The summed E-state index contributed by atoms with van der Waals surface area (Å²) in [5.74, 6) is 1.89. The van der Waals surface area contributed by atoms with Crippen LogP contribution in [0.3, 0.4) is 0 Å². The van der Waals surface area contributed by atoms with Crippen molar-refractivity contribution in [1.82, 2.24) is 20.5 Å². The monoisotopic (exact) mass is 427 g/mol. The molecule has 0 saturated carbocycles. The Hall–Kier alpha value is -3.29. The molecule has 0 fully saturated rings. The predicted octanol–water partition coefficient (Wildman–Crippen LogP) is 2.59. The lowest BCUT2D eigenvalue weighted by Gasteiger charge is -2.20. The highest BCUT2D eigenvalue weighted by Crippen LogP contribution is 2.15. The van der Waals surface area contributed by atoms with Gasteiger partial charge in [0.15, 0.2) is 5.96 Å². The molecule has 0 aliphatic rings. The maximum absolute atomic E-state index is 12.0. The number of nitrogens with one attached hydrogen (secondary N) is 2. The molecule has 8 nitrogen and oxygen atoms in total. The fraction of sp³-hybridized carbons (Fsp3) is 0.435. The molecule has 8 heteroatoms. The summed E-state index contributed by atoms with van der Waals surface area (Å²) in [4.78, 5) is 22.4. The number of hydrogen-bond donors (Lipinski definition) is 2. The SMILES string of the molecule is COc1ccc(CNC(=NCc2ccc(OC(C)(C)C)nc2)NCC(=O)N(C)C)cc1. The van der Waals surface area contributed by atoms with Crippen LogP contribution in [0.1, 0.15) is 31.9 Å². The van der Waals surface area contributed by atoms with Crippen LogP contribution in [0, 0.1) is 0 Å². The zero-order chi connectivity index (χ0) is 22.9. The lowest BCUT2D eigenvalue weighted by atomic mass is 10.2. The first-order valence-corrected chi connectivity index (χ1v) is 10.2. The molecule has 0 radical (unpaired) electrons. The number of ether oxygens (including phenoxy) is 2. The standard InChI is InChI=1S/C23H33N5O3/c1-23(2,3)31-20-12-9-18(14-24-20)15-26-22(27-16-21(29)28(4)5)25-13-17-7-10-19(30-6)11-8-17/h7-12,14H,13,15-16H2,1-6H3,(H2,25,26,27). The Morgan fingerprint density at radius 3 is 2.29 bits per heavy atom. The van der Waals surface area contributed by atoms with Gasteiger partial charge in [-0.2, -0.15) is 0 Å². The number of amides is 1. The summed E-state index contributed by atoms with van der Waals surface area (Å²) in [6, 6.07) is 11.5. The van der Waals surface area contributed by atoms with Gasteiger partial charge in [-0.05, 0) is 44.0 Å². The van der Waals surface area contributed by atoms with Crippen LogP contribution in [0.4, 0.5) is 0 Å². The number of aromatic nitrogens is 1. The van der Waals surface area contributed by atoms with E-state index in [1.165, 1.54) is 4.90 Å². The van der Waals surface area contributed by atoms with Gasteiger partial charge >= 0.3 is 0 Å². The molecule has 168 valence electrons. The third kappa shape index (κ3) is 8.94. The first kappa shape index (κ1) is 24.0. The van der Waals surface area contributed by atoms with Crippen LogP contribution < -0.4 is 20.1 Å². The number of likely N-dealkylation sites (N-methyl/N-ethyl adjacent to an activating group) is 1. The summed E-state index contributed by atoms with van der Waals surface area (Å²) in [6.07, 6.45) is 1.75. The lowest BCUT2D eigenvalue weighted by molar-refractivity contribution is -0.127. The van der Waals surface area contributed by atoms with Gasteiger partial charge in [0, 0.05) is 32.9 Å². The van der Waals surface area contributed by atoms with E-state index >= 15 is 0 Å². The average molecular weight is 428 g/mol. The smallest absolute Gasteiger partial charge is 0.241 e. The molecule has 0 unspecified atom stereocenters. The van der Waals surface area contributed by atoms with Gasteiger partial charge in [0.05, 0.1) is 20.2 Å². The van der Waals surface area contributed by atoms with Gasteiger partial charge in [0.1, 0.15) is 11.4 Å². The number of carbonyl (C=O) groups excluding carboxylic acids is 1. The lowest BCUT2D eigenvalue weighted by Crippen LogP contribution is -2.42. The van der Waals surface area contributed by atoms with Crippen molar-refractivity contribution in [3.8, 4) is 11.6 Å². The highest BCUT2D eigenvalue weighted by molar-refractivity contribution is 5.86. The van der Waals surface area contributed by atoms with E-state index in [0.29, 0.717) is 24.9 Å². The Bertz CT molecular complexity index is 856. The Morgan fingerprint density at radius 1 is 1.06 bits per heavy atom. The maximum atomic E-state index is 12.0. The highest BCUT2D eigenvalue weighted by Gasteiger charge is 2.12. The number of guanidine groups is 1. The van der Waals surface area contributed by atoms with Gasteiger partial charge in [-0.15, -0.1) is 0 Å². The van der Waals surface area contributed by atoms with Crippen LogP contribution in [0.15, 0.2) is 47.6 Å². The first-order valence-electron chi connectivity index (χ1n) is 10.2. The zero-order valence-corrected chi connectivity index (χ0v) is 19.2. The topological polar surface area (TPSA) is 88.1 Å². The number of methoxy groups -OCH3 is 1. The van der Waals surface area contributed by atoms with Crippen LogP contribution in [0.25, 0.3) is 0 Å². The van der Waals surface area contributed by atoms with Crippen LogP contribution in [0.2, 0.25) is 0 Å². The quantitative estimate of drug-likeness (QED) is 0.497. The number of aliphatic imine (C=N–C) groups is 1. The molecule has 1 aromatic heterocycles. The van der Waals surface area contributed by atoms with E-state index in [2.05, 4.69) is 20.6 Å². The first-order chi connectivity index (χ1) is 14.7. The number of pyridine rings is 1. The molecule has 2 aromatic rings. The van der Waals surface area contributed by atoms with Crippen molar-refractivity contribution < 1.29 is 14.3 Å². The van der Waals surface area contributed by atoms with E-state index in [-0.39, 0.29) is 18.1 Å². The number of rotatable bonds is 8. The van der Waals surface area contributed by atoms with Crippen molar-refractivity contribution in [3.63, 3.8) is 0 Å². The molecule has 1 aromatic carbocycles. The summed E-state index contributed by atoms with van der Waals surface area (Å²) in [7, 11) is 5.08. The largest absolute Gasteiger partial charge is 0.497 e. The van der Waals surface area contributed by atoms with Crippen LogP contribution in [0.5, 0.6) is 11.6 Å². The molecule has 1 amide bonds. The second kappa shape index (κ2) is 11.2. The molecule has 31 heavy (non-hydrogen) atoms. The highest BCUT2D eigenvalue weighted by atomic mass is 16.5. The summed E-state index contributed by atoms with van der Waals surface area (Å²) < 4.78 is 10.9. The Labute approximate surface area is 184 Å². The van der Waals surface area contributed by atoms with Crippen LogP contribution in [-0.4, -0.2) is 55.1 Å². The minimum absolute atomic E-state index is 0.0377. The van der Waals surface area contributed by atoms with Gasteiger partial charge in [-0.3, -0.25) is 4.79 Å². The van der Waals surface area contributed by atoms with Crippen molar-refractivity contribution in [1.29, 1.82) is 0 Å². The molecule has 2 rings (SSSR count). The van der Waals surface area contributed by atoms with Gasteiger partial charge in [0.25, 0.3) is 0 Å². The molecule has 0 aliphatic heterocycles. The molecular formula is C23H33N5O3. The molecule has 0 atom stereocenters. The Kier molecular flexibility index (Phi) is 8.66. The molecule has 0 bridgehead atoms. The van der Waals surface area contributed by atoms with E-state index in [9.17, 15) is 4.79 Å². The van der Waals surface area contributed by atoms with Gasteiger partial charge in [-0.25, -0.2) is 9.98 Å². The summed E-state index contributed by atoms with van der Waals surface area (Å²) in [6.45, 7) is 7.06. The fourth-order valence-electron chi connectivity index (χ4n) is 2.47. The summed E-state index contributed by atoms with van der Waals surface area (Å²) >= 11 is 0. The summed E-state index contributed by atoms with van der Waals surface area (Å²) in [5.41, 5.74) is 1.71. The second-order valence-corrected chi connectivity index (χ2v) is 8.23. The van der Waals surface area contributed by atoms with E-state index in [1.54, 1.807) is 27.4 Å². The van der Waals surface area contributed by atoms with Gasteiger partial charge in [0.2, 0.25) is 11.8 Å². The predicted molar refractivity (Wildman–Crippen MR) is 122 cm³/mol. The zero-order valence-electron chi connectivity index (χ0n) is 19.2. The van der Waals surface area contributed by atoms with Crippen molar-refractivity contribution in [2.45, 2.75) is 39.5 Å². The van der Waals surface area contributed by atoms with Crippen molar-refractivity contribution in [2.24, 2.45) is 4.99 Å². The second-order valence-electron chi connectivity index (χ2n) is 8.23. The van der Waals surface area contributed by atoms with Crippen molar-refractivity contribution in [2.75, 3.05) is 27.7 Å². The maximum Gasteiger partial charge on any atom is 0.241 e. The minimum Gasteiger partial charge on any atom is -0.497 e. The average Bonchev–Trinajstić information content (AvgIpc) is 2.73. The van der Waals surface area contributed by atoms with Gasteiger partial charge in [-0.1, -0.05) is 18.2 Å². The summed E-state index contributed by atoms with van der Waals surface area (Å²) in [5, 5.41) is 6.35. The molecule has 0 saturated heterocycles. The number of benzene rings is 1. The van der Waals surface area contributed by atoms with Crippen molar-refractivity contribution >= 4 is 11.9 Å². The number of hydrogen-bond acceptors (Lipinski definition) is 5. The third-order valence-corrected chi connectivity index (χ3v) is 4.15. The van der Waals surface area contributed by atoms with Gasteiger partial charge < -0.3 is 25.0 Å². The normalized spacial score (nSPS) is 11.6. The molecule has 0 spiro atoms. The minimum atomic E-state index is -0.298. The molecule has 2 N–H and O–H groups in total. The fourth-order valence-corrected chi connectivity index (χ4v) is 2.47. The van der Waals surface area contributed by atoms with Crippen LogP contribution in [-0.2, 0) is 17.9 Å². The van der Waals surface area contributed by atoms with Crippen molar-refractivity contribution in [3.05, 3.63) is 53.7 Å². The van der Waals surface area contributed by atoms with E-state index in [0.717, 1.165) is 16.9 Å². The van der Waals surface area contributed by atoms with E-state index in [1.807, 2.05) is 57.2 Å². The van der Waals surface area contributed by atoms with Crippen LogP contribution >= 0.6 is 0 Å². The molecular weight excluding hydrogens is 394 g/mol. The number of nitrogens with zero attached hydrogens (tertiary/aromatic N) is 3. The Balaban J connectivity index is 2.03. The molecule has 0 aliphatic carbocycles. The third-order valence-electron chi connectivity index (χ3n) is 4.15. The van der Waals surface area contributed by atoms with E-state index < -0.39 is 0 Å². The van der Waals surface area contributed by atoms with E-state index in [4.69, 9.17) is 9.47 Å². The Morgan fingerprint density at radius 2 is 1.74 bits per heavy atom.